The van der Waals surface area contributed by atoms with Crippen molar-refractivity contribution in [1.82, 2.24) is 9.88 Å². The minimum Gasteiger partial charge on any atom is -0.481 e. The molecule has 2 aromatic rings. The Bertz CT molecular complexity index is 540. The third-order valence-corrected chi connectivity index (χ3v) is 3.45. The highest BCUT2D eigenvalue weighted by atomic mass is 32.1. The van der Waals surface area contributed by atoms with Crippen LogP contribution >= 0.6 is 11.3 Å². The van der Waals surface area contributed by atoms with Gasteiger partial charge in [0.1, 0.15) is 0 Å². The normalized spacial score (nSPS) is 10.8. The van der Waals surface area contributed by atoms with Gasteiger partial charge in [-0.25, -0.2) is 4.98 Å². The average molecular weight is 276 g/mol. The van der Waals surface area contributed by atoms with E-state index in [0.717, 1.165) is 29.9 Å². The Morgan fingerprint density at radius 1 is 1.32 bits per heavy atom. The zero-order chi connectivity index (χ0) is 13.7. The summed E-state index contributed by atoms with van der Waals surface area (Å²) in [5, 5.41) is 10.9. The first kappa shape index (κ1) is 13.7. The van der Waals surface area contributed by atoms with Crippen molar-refractivity contribution in [2.75, 3.05) is 7.05 Å². The Kier molecular flexibility index (Phi) is 4.65. The number of thiazole rings is 1. The number of carboxylic acid groups (broad SMARTS) is 1. The van der Waals surface area contributed by atoms with Crippen molar-refractivity contribution >= 4 is 17.3 Å². The lowest BCUT2D eigenvalue weighted by molar-refractivity contribution is -0.136. The van der Waals surface area contributed by atoms with Crippen LogP contribution in [0.25, 0.3) is 0 Å². The number of benzene rings is 1. The molecule has 1 N–H and O–H groups in total. The maximum atomic E-state index is 10.8. The molecule has 0 aliphatic carbocycles. The van der Waals surface area contributed by atoms with Crippen LogP contribution in [0.2, 0.25) is 0 Å². The maximum Gasteiger partial charge on any atom is 0.307 e. The molecule has 0 fully saturated rings. The summed E-state index contributed by atoms with van der Waals surface area (Å²) in [6, 6.07) is 7.68. The molecule has 1 heterocycles. The van der Waals surface area contributed by atoms with Crippen molar-refractivity contribution in [3.05, 3.63) is 52.0 Å². The lowest BCUT2D eigenvalue weighted by Crippen LogP contribution is -2.19. The number of hydrogen-bond donors (Lipinski definition) is 1. The third kappa shape index (κ3) is 4.15. The van der Waals surface area contributed by atoms with Crippen LogP contribution in [-0.4, -0.2) is 28.0 Å². The summed E-state index contributed by atoms with van der Waals surface area (Å²) in [6.07, 6.45) is 0.0702. The summed E-state index contributed by atoms with van der Waals surface area (Å²) in [4.78, 5) is 17.2. The monoisotopic (exact) mass is 276 g/mol. The standard InChI is InChI=1S/C14H16N2O2S/c1-16(8-13-9-19-10-15-13)7-12-5-3-2-4-11(12)6-14(17)18/h2-5,9-10H,6-8H2,1H3,(H,17,18). The minimum absolute atomic E-state index is 0.0702. The highest BCUT2D eigenvalue weighted by Gasteiger charge is 2.09. The number of rotatable bonds is 6. The zero-order valence-electron chi connectivity index (χ0n) is 10.7. The van der Waals surface area contributed by atoms with Crippen molar-refractivity contribution in [3.8, 4) is 0 Å². The molecule has 0 spiro atoms. The van der Waals surface area contributed by atoms with Crippen LogP contribution in [0.1, 0.15) is 16.8 Å². The molecule has 5 heteroatoms. The van der Waals surface area contributed by atoms with Crippen LogP contribution in [0.3, 0.4) is 0 Å². The van der Waals surface area contributed by atoms with Gasteiger partial charge in [-0.05, 0) is 18.2 Å². The Labute approximate surface area is 116 Å². The van der Waals surface area contributed by atoms with Gasteiger partial charge in [-0.15, -0.1) is 11.3 Å². The molecule has 2 rings (SSSR count). The summed E-state index contributed by atoms with van der Waals surface area (Å²) in [7, 11) is 2.01. The van der Waals surface area contributed by atoms with Gasteiger partial charge in [-0.3, -0.25) is 9.69 Å². The Morgan fingerprint density at radius 2 is 2.05 bits per heavy atom. The fraction of sp³-hybridized carbons (Fsp3) is 0.286. The lowest BCUT2D eigenvalue weighted by Gasteiger charge is -2.17. The number of nitrogens with zero attached hydrogens (tertiary/aromatic N) is 2. The number of hydrogen-bond acceptors (Lipinski definition) is 4. The molecular formula is C14H16N2O2S. The van der Waals surface area contributed by atoms with Crippen LogP contribution in [-0.2, 0) is 24.3 Å². The summed E-state index contributed by atoms with van der Waals surface area (Å²) in [6.45, 7) is 1.49. The van der Waals surface area contributed by atoms with Gasteiger partial charge in [-0.1, -0.05) is 24.3 Å². The molecule has 100 valence electrons. The number of aliphatic carboxylic acids is 1. The topological polar surface area (TPSA) is 53.4 Å². The summed E-state index contributed by atoms with van der Waals surface area (Å²) >= 11 is 1.58. The molecule has 0 aliphatic rings. The molecule has 0 atom stereocenters. The van der Waals surface area contributed by atoms with Crippen molar-refractivity contribution < 1.29 is 9.90 Å². The Morgan fingerprint density at radius 3 is 2.68 bits per heavy atom. The molecule has 0 saturated carbocycles. The Balaban J connectivity index is 2.03. The van der Waals surface area contributed by atoms with E-state index in [2.05, 4.69) is 9.88 Å². The molecule has 1 aromatic carbocycles. The average Bonchev–Trinajstić information content (AvgIpc) is 2.83. The summed E-state index contributed by atoms with van der Waals surface area (Å²) in [5.74, 6) is -0.797. The summed E-state index contributed by atoms with van der Waals surface area (Å²) < 4.78 is 0. The van der Waals surface area contributed by atoms with Gasteiger partial charge in [0.15, 0.2) is 0 Å². The maximum absolute atomic E-state index is 10.8. The van der Waals surface area contributed by atoms with Gasteiger partial charge in [0.05, 0.1) is 17.6 Å². The van der Waals surface area contributed by atoms with E-state index in [4.69, 9.17) is 5.11 Å². The number of aromatic nitrogens is 1. The van der Waals surface area contributed by atoms with E-state index in [1.54, 1.807) is 11.3 Å². The van der Waals surface area contributed by atoms with Gasteiger partial charge in [0.2, 0.25) is 0 Å². The first-order chi connectivity index (χ1) is 9.15. The highest BCUT2D eigenvalue weighted by Crippen LogP contribution is 2.13. The van der Waals surface area contributed by atoms with Gasteiger partial charge in [0.25, 0.3) is 0 Å². The molecule has 0 unspecified atom stereocenters. The largest absolute Gasteiger partial charge is 0.481 e. The lowest BCUT2D eigenvalue weighted by atomic mass is 10.0. The molecule has 19 heavy (non-hydrogen) atoms. The molecule has 0 aliphatic heterocycles. The molecule has 0 amide bonds. The molecule has 0 saturated heterocycles. The van der Waals surface area contributed by atoms with Gasteiger partial charge >= 0.3 is 5.97 Å². The third-order valence-electron chi connectivity index (χ3n) is 2.82. The van der Waals surface area contributed by atoms with Crippen LogP contribution in [0, 0.1) is 0 Å². The van der Waals surface area contributed by atoms with Crippen molar-refractivity contribution in [1.29, 1.82) is 0 Å². The molecular weight excluding hydrogens is 260 g/mol. The van der Waals surface area contributed by atoms with Crippen LogP contribution in [0.4, 0.5) is 0 Å². The van der Waals surface area contributed by atoms with Crippen LogP contribution in [0.5, 0.6) is 0 Å². The quantitative estimate of drug-likeness (QED) is 0.880. The van der Waals surface area contributed by atoms with Crippen molar-refractivity contribution in [2.24, 2.45) is 0 Å². The van der Waals surface area contributed by atoms with E-state index in [9.17, 15) is 4.79 Å². The number of carbonyl (C=O) groups is 1. The predicted octanol–water partition coefficient (Wildman–Crippen LogP) is 2.40. The van der Waals surface area contributed by atoms with Crippen molar-refractivity contribution in [2.45, 2.75) is 19.5 Å². The minimum atomic E-state index is -0.797. The second kappa shape index (κ2) is 6.45. The first-order valence-electron chi connectivity index (χ1n) is 5.99. The zero-order valence-corrected chi connectivity index (χ0v) is 11.6. The smallest absolute Gasteiger partial charge is 0.307 e. The molecule has 1 aromatic heterocycles. The Hall–Kier alpha value is -1.72. The van der Waals surface area contributed by atoms with E-state index in [-0.39, 0.29) is 6.42 Å². The molecule has 0 bridgehead atoms. The highest BCUT2D eigenvalue weighted by molar-refractivity contribution is 7.07. The van der Waals surface area contributed by atoms with E-state index >= 15 is 0 Å². The fourth-order valence-electron chi connectivity index (χ4n) is 1.99. The summed E-state index contributed by atoms with van der Waals surface area (Å²) in [5.41, 5.74) is 4.80. The fourth-order valence-corrected chi connectivity index (χ4v) is 2.54. The second-order valence-electron chi connectivity index (χ2n) is 4.49. The van der Waals surface area contributed by atoms with E-state index in [1.807, 2.05) is 42.2 Å². The molecule has 4 nitrogen and oxygen atoms in total. The second-order valence-corrected chi connectivity index (χ2v) is 5.21. The van der Waals surface area contributed by atoms with E-state index in [0.29, 0.717) is 0 Å². The van der Waals surface area contributed by atoms with Crippen LogP contribution < -0.4 is 0 Å². The van der Waals surface area contributed by atoms with E-state index < -0.39 is 5.97 Å². The first-order valence-corrected chi connectivity index (χ1v) is 6.93. The van der Waals surface area contributed by atoms with Gasteiger partial charge in [0, 0.05) is 18.5 Å². The SMILES string of the molecule is CN(Cc1cscn1)Cc1ccccc1CC(=O)O. The number of carboxylic acids is 1. The van der Waals surface area contributed by atoms with Gasteiger partial charge in [-0.2, -0.15) is 0 Å². The van der Waals surface area contributed by atoms with E-state index in [1.165, 1.54) is 0 Å². The van der Waals surface area contributed by atoms with Gasteiger partial charge < -0.3 is 5.11 Å². The predicted molar refractivity (Wildman–Crippen MR) is 75.1 cm³/mol. The van der Waals surface area contributed by atoms with Crippen molar-refractivity contribution in [3.63, 3.8) is 0 Å². The van der Waals surface area contributed by atoms with Crippen LogP contribution in [0.15, 0.2) is 35.2 Å². The molecule has 0 radical (unpaired) electrons.